The van der Waals surface area contributed by atoms with Gasteiger partial charge in [-0.3, -0.25) is 4.79 Å². The van der Waals surface area contributed by atoms with Crippen LogP contribution in [0.3, 0.4) is 0 Å². The standard InChI is InChI=1S/C15H18ClN5O2/c1-2-13(15(23)20-8-7-12(22)9-20)21-18-14(17-19-21)10-3-5-11(16)6-4-10/h3-6,12-13,22H,2,7-9H2,1H3/t12-,13?/m1/s1. The molecular weight excluding hydrogens is 318 g/mol. The second kappa shape index (κ2) is 6.64. The van der Waals surface area contributed by atoms with Crippen molar-refractivity contribution in [1.82, 2.24) is 25.1 Å². The highest BCUT2D eigenvalue weighted by atomic mass is 35.5. The molecule has 2 atom stereocenters. The fraction of sp³-hybridized carbons (Fsp3) is 0.467. The average molecular weight is 336 g/mol. The summed E-state index contributed by atoms with van der Waals surface area (Å²) in [6.07, 6.45) is 0.731. The van der Waals surface area contributed by atoms with Gasteiger partial charge >= 0.3 is 0 Å². The molecule has 122 valence electrons. The largest absolute Gasteiger partial charge is 0.391 e. The van der Waals surface area contributed by atoms with E-state index < -0.39 is 12.1 Å². The van der Waals surface area contributed by atoms with E-state index in [0.717, 1.165) is 5.56 Å². The van der Waals surface area contributed by atoms with Crippen molar-refractivity contribution in [3.8, 4) is 11.4 Å². The quantitative estimate of drug-likeness (QED) is 0.916. The number of aliphatic hydroxyl groups excluding tert-OH is 1. The fourth-order valence-electron chi connectivity index (χ4n) is 2.66. The molecule has 2 heterocycles. The Morgan fingerprint density at radius 3 is 2.78 bits per heavy atom. The van der Waals surface area contributed by atoms with Gasteiger partial charge in [0, 0.05) is 23.7 Å². The second-order valence-corrected chi connectivity index (χ2v) is 6.03. The zero-order valence-corrected chi connectivity index (χ0v) is 13.5. The van der Waals surface area contributed by atoms with E-state index in [2.05, 4.69) is 15.4 Å². The molecule has 23 heavy (non-hydrogen) atoms. The average Bonchev–Trinajstić information content (AvgIpc) is 3.18. The Kier molecular flexibility index (Phi) is 4.58. The maximum absolute atomic E-state index is 12.6. The third-order valence-corrected chi connectivity index (χ3v) is 4.21. The molecule has 2 aromatic rings. The summed E-state index contributed by atoms with van der Waals surface area (Å²) in [5, 5.41) is 22.6. The van der Waals surface area contributed by atoms with Crippen LogP contribution in [0.5, 0.6) is 0 Å². The molecule has 1 aromatic heterocycles. The molecule has 1 fully saturated rings. The zero-order valence-electron chi connectivity index (χ0n) is 12.8. The Bertz CT molecular complexity index is 687. The summed E-state index contributed by atoms with van der Waals surface area (Å²) in [4.78, 5) is 15.6. The van der Waals surface area contributed by atoms with Crippen LogP contribution in [-0.2, 0) is 4.79 Å². The number of aliphatic hydroxyl groups is 1. The van der Waals surface area contributed by atoms with Crippen LogP contribution in [-0.4, -0.2) is 55.3 Å². The smallest absolute Gasteiger partial charge is 0.249 e. The van der Waals surface area contributed by atoms with Crippen LogP contribution in [0.1, 0.15) is 25.8 Å². The zero-order chi connectivity index (χ0) is 16.4. The molecule has 0 aliphatic carbocycles. The van der Waals surface area contributed by atoms with Gasteiger partial charge in [0.1, 0.15) is 0 Å². The predicted octanol–water partition coefficient (Wildman–Crippen LogP) is 1.54. The first-order valence-electron chi connectivity index (χ1n) is 7.60. The van der Waals surface area contributed by atoms with Gasteiger partial charge in [0.25, 0.3) is 0 Å². The molecule has 1 saturated heterocycles. The minimum atomic E-state index is -0.506. The van der Waals surface area contributed by atoms with Crippen LogP contribution in [0, 0.1) is 0 Å². The molecule has 0 saturated carbocycles. The maximum Gasteiger partial charge on any atom is 0.249 e. The summed E-state index contributed by atoms with van der Waals surface area (Å²) in [6, 6.07) is 6.62. The number of carbonyl (C=O) groups is 1. The summed E-state index contributed by atoms with van der Waals surface area (Å²) >= 11 is 5.87. The number of benzene rings is 1. The van der Waals surface area contributed by atoms with E-state index >= 15 is 0 Å². The maximum atomic E-state index is 12.6. The van der Waals surface area contributed by atoms with Crippen molar-refractivity contribution in [3.63, 3.8) is 0 Å². The Morgan fingerprint density at radius 1 is 1.43 bits per heavy atom. The number of hydrogen-bond acceptors (Lipinski definition) is 5. The van der Waals surface area contributed by atoms with Gasteiger partial charge in [-0.05, 0) is 42.3 Å². The van der Waals surface area contributed by atoms with Gasteiger partial charge in [-0.1, -0.05) is 18.5 Å². The van der Waals surface area contributed by atoms with Gasteiger partial charge < -0.3 is 10.0 Å². The number of aromatic nitrogens is 4. The summed E-state index contributed by atoms with van der Waals surface area (Å²) in [6.45, 7) is 2.84. The Hall–Kier alpha value is -1.99. The normalized spacial score (nSPS) is 19.1. The van der Waals surface area contributed by atoms with E-state index in [1.165, 1.54) is 4.80 Å². The third-order valence-electron chi connectivity index (χ3n) is 3.96. The number of halogens is 1. The molecule has 1 amide bonds. The molecular formula is C15H18ClN5O2. The minimum Gasteiger partial charge on any atom is -0.391 e. The van der Waals surface area contributed by atoms with Crippen LogP contribution in [0.25, 0.3) is 11.4 Å². The van der Waals surface area contributed by atoms with Gasteiger partial charge in [0.05, 0.1) is 6.10 Å². The van der Waals surface area contributed by atoms with Crippen LogP contribution in [0.4, 0.5) is 0 Å². The van der Waals surface area contributed by atoms with Crippen molar-refractivity contribution < 1.29 is 9.90 Å². The lowest BCUT2D eigenvalue weighted by molar-refractivity contribution is -0.134. The van der Waals surface area contributed by atoms with E-state index in [1.807, 2.05) is 19.1 Å². The van der Waals surface area contributed by atoms with Gasteiger partial charge in [-0.15, -0.1) is 10.2 Å². The molecule has 3 rings (SSSR count). The first-order valence-corrected chi connectivity index (χ1v) is 7.98. The number of amides is 1. The molecule has 0 bridgehead atoms. The lowest BCUT2D eigenvalue weighted by Crippen LogP contribution is -2.37. The van der Waals surface area contributed by atoms with Crippen molar-refractivity contribution in [3.05, 3.63) is 29.3 Å². The lowest BCUT2D eigenvalue weighted by atomic mass is 10.2. The Balaban J connectivity index is 1.79. The van der Waals surface area contributed by atoms with E-state index in [-0.39, 0.29) is 5.91 Å². The van der Waals surface area contributed by atoms with Crippen molar-refractivity contribution in [2.75, 3.05) is 13.1 Å². The number of tetrazole rings is 1. The van der Waals surface area contributed by atoms with E-state index in [0.29, 0.717) is 36.8 Å². The van der Waals surface area contributed by atoms with Crippen molar-refractivity contribution in [2.45, 2.75) is 31.9 Å². The molecule has 0 spiro atoms. The summed E-state index contributed by atoms with van der Waals surface area (Å²) in [7, 11) is 0. The van der Waals surface area contributed by atoms with E-state index in [4.69, 9.17) is 11.6 Å². The monoisotopic (exact) mass is 335 g/mol. The highest BCUT2D eigenvalue weighted by Crippen LogP contribution is 2.20. The molecule has 1 aliphatic heterocycles. The summed E-state index contributed by atoms with van der Waals surface area (Å²) in [5.41, 5.74) is 0.791. The molecule has 1 unspecified atom stereocenters. The number of hydrogen-bond donors (Lipinski definition) is 1. The van der Waals surface area contributed by atoms with Crippen LogP contribution < -0.4 is 0 Å². The highest BCUT2D eigenvalue weighted by Gasteiger charge is 2.31. The molecule has 1 aliphatic rings. The van der Waals surface area contributed by atoms with E-state index in [9.17, 15) is 9.90 Å². The number of likely N-dealkylation sites (tertiary alicyclic amines) is 1. The molecule has 7 nitrogen and oxygen atoms in total. The van der Waals surface area contributed by atoms with Crippen molar-refractivity contribution >= 4 is 17.5 Å². The molecule has 1 N–H and O–H groups in total. The lowest BCUT2D eigenvalue weighted by Gasteiger charge is -2.21. The van der Waals surface area contributed by atoms with Gasteiger partial charge in [-0.25, -0.2) is 0 Å². The van der Waals surface area contributed by atoms with Crippen molar-refractivity contribution in [2.24, 2.45) is 0 Å². The third kappa shape index (κ3) is 3.35. The fourth-order valence-corrected chi connectivity index (χ4v) is 2.79. The number of nitrogens with zero attached hydrogens (tertiary/aromatic N) is 5. The first-order chi connectivity index (χ1) is 11.1. The SMILES string of the molecule is CCC(C(=O)N1CC[C@@H](O)C1)n1nnc(-c2ccc(Cl)cc2)n1. The number of rotatable bonds is 4. The molecule has 1 aromatic carbocycles. The second-order valence-electron chi connectivity index (χ2n) is 5.59. The van der Waals surface area contributed by atoms with Gasteiger partial charge in [0.15, 0.2) is 6.04 Å². The summed E-state index contributed by atoms with van der Waals surface area (Å²) < 4.78 is 0. The van der Waals surface area contributed by atoms with Crippen LogP contribution in [0.2, 0.25) is 5.02 Å². The van der Waals surface area contributed by atoms with Crippen LogP contribution in [0.15, 0.2) is 24.3 Å². The predicted molar refractivity (Wildman–Crippen MR) is 84.8 cm³/mol. The Morgan fingerprint density at radius 2 is 2.17 bits per heavy atom. The molecule has 8 heteroatoms. The number of carbonyl (C=O) groups excluding carboxylic acids is 1. The van der Waals surface area contributed by atoms with Crippen molar-refractivity contribution in [1.29, 1.82) is 0 Å². The number of β-amino-alcohol motifs (C(OH)–C–C–N with tert-alkyl or cyclic N) is 1. The van der Waals surface area contributed by atoms with Gasteiger partial charge in [0.2, 0.25) is 11.7 Å². The topological polar surface area (TPSA) is 84.1 Å². The summed E-state index contributed by atoms with van der Waals surface area (Å²) in [5.74, 6) is 0.374. The Labute approximate surface area is 138 Å². The molecule has 0 radical (unpaired) electrons. The van der Waals surface area contributed by atoms with E-state index in [1.54, 1.807) is 17.0 Å². The van der Waals surface area contributed by atoms with Crippen LogP contribution >= 0.6 is 11.6 Å². The highest BCUT2D eigenvalue weighted by molar-refractivity contribution is 6.30. The first kappa shape index (κ1) is 15.9. The minimum absolute atomic E-state index is 0.0795. The van der Waals surface area contributed by atoms with Gasteiger partial charge in [-0.2, -0.15) is 4.80 Å².